The second kappa shape index (κ2) is 5.36. The second-order valence-corrected chi connectivity index (χ2v) is 4.67. The molecule has 0 spiro atoms. The predicted molar refractivity (Wildman–Crippen MR) is 82.0 cm³/mol. The van der Waals surface area contributed by atoms with Crippen molar-refractivity contribution in [1.82, 2.24) is 9.38 Å². The number of hydrogen-bond donors (Lipinski definition) is 0. The minimum Gasteiger partial charge on any atom is -0.493 e. The average molecular weight is 281 g/mol. The SMILES string of the molecule is CCOc1ccccc1-c1nc2cccc(C)n2c1N=O. The van der Waals surface area contributed by atoms with Gasteiger partial charge in [-0.2, -0.15) is 0 Å². The van der Waals surface area contributed by atoms with Crippen LogP contribution in [-0.4, -0.2) is 16.0 Å². The summed E-state index contributed by atoms with van der Waals surface area (Å²) in [7, 11) is 0. The highest BCUT2D eigenvalue weighted by molar-refractivity contribution is 5.78. The summed E-state index contributed by atoms with van der Waals surface area (Å²) in [6.45, 7) is 4.39. The first-order chi connectivity index (χ1) is 10.3. The molecule has 0 saturated carbocycles. The van der Waals surface area contributed by atoms with E-state index >= 15 is 0 Å². The van der Waals surface area contributed by atoms with Crippen LogP contribution < -0.4 is 4.74 Å². The Morgan fingerprint density at radius 2 is 2.00 bits per heavy atom. The zero-order valence-electron chi connectivity index (χ0n) is 11.9. The molecule has 0 aliphatic carbocycles. The Hall–Kier alpha value is -2.69. The van der Waals surface area contributed by atoms with Crippen LogP contribution in [0.25, 0.3) is 16.9 Å². The molecule has 0 amide bonds. The molecule has 3 rings (SSSR count). The molecule has 0 radical (unpaired) electrons. The van der Waals surface area contributed by atoms with Crippen LogP contribution in [0.2, 0.25) is 0 Å². The van der Waals surface area contributed by atoms with Gasteiger partial charge in [0.05, 0.1) is 6.61 Å². The fourth-order valence-electron chi connectivity index (χ4n) is 2.44. The minimum absolute atomic E-state index is 0.301. The maximum absolute atomic E-state index is 11.3. The Kier molecular flexibility index (Phi) is 3.39. The highest BCUT2D eigenvalue weighted by atomic mass is 16.5. The number of pyridine rings is 1. The molecule has 5 nitrogen and oxygen atoms in total. The number of hydrogen-bond acceptors (Lipinski definition) is 4. The van der Waals surface area contributed by atoms with Gasteiger partial charge in [0.25, 0.3) is 0 Å². The number of rotatable bonds is 4. The Bertz CT molecular complexity index is 808. The van der Waals surface area contributed by atoms with E-state index in [1.54, 1.807) is 4.40 Å². The van der Waals surface area contributed by atoms with Crippen LogP contribution in [0.4, 0.5) is 5.82 Å². The van der Waals surface area contributed by atoms with E-state index < -0.39 is 0 Å². The highest BCUT2D eigenvalue weighted by Crippen LogP contribution is 2.36. The monoisotopic (exact) mass is 281 g/mol. The van der Waals surface area contributed by atoms with Crippen molar-refractivity contribution in [3.63, 3.8) is 0 Å². The van der Waals surface area contributed by atoms with E-state index in [-0.39, 0.29) is 0 Å². The third-order valence-corrected chi connectivity index (χ3v) is 3.34. The van der Waals surface area contributed by atoms with Gasteiger partial charge in [0.15, 0.2) is 0 Å². The van der Waals surface area contributed by atoms with Gasteiger partial charge < -0.3 is 4.74 Å². The van der Waals surface area contributed by atoms with E-state index in [1.807, 2.05) is 56.3 Å². The molecule has 5 heteroatoms. The fourth-order valence-corrected chi connectivity index (χ4v) is 2.44. The molecule has 0 saturated heterocycles. The number of aryl methyl sites for hydroxylation is 1. The summed E-state index contributed by atoms with van der Waals surface area (Å²) in [5.41, 5.74) is 2.93. The molecule has 0 N–H and O–H groups in total. The van der Waals surface area contributed by atoms with Crippen molar-refractivity contribution in [2.45, 2.75) is 13.8 Å². The normalized spacial score (nSPS) is 10.8. The third-order valence-electron chi connectivity index (χ3n) is 3.34. The maximum atomic E-state index is 11.3. The van der Waals surface area contributed by atoms with Crippen molar-refractivity contribution in [3.8, 4) is 17.0 Å². The first-order valence-electron chi connectivity index (χ1n) is 6.80. The minimum atomic E-state index is 0.301. The second-order valence-electron chi connectivity index (χ2n) is 4.67. The van der Waals surface area contributed by atoms with Crippen LogP contribution in [-0.2, 0) is 0 Å². The van der Waals surface area contributed by atoms with Crippen LogP contribution in [0.5, 0.6) is 5.75 Å². The van der Waals surface area contributed by atoms with Crippen molar-refractivity contribution < 1.29 is 4.74 Å². The van der Waals surface area contributed by atoms with Gasteiger partial charge in [-0.3, -0.25) is 4.40 Å². The number of nitroso groups, excluding NO2 is 1. The lowest BCUT2D eigenvalue weighted by Crippen LogP contribution is -1.94. The smallest absolute Gasteiger partial charge is 0.210 e. The van der Waals surface area contributed by atoms with Gasteiger partial charge in [-0.15, -0.1) is 4.91 Å². The molecule has 2 aromatic heterocycles. The summed E-state index contributed by atoms with van der Waals surface area (Å²) in [5.74, 6) is 1.00. The summed E-state index contributed by atoms with van der Waals surface area (Å²) in [6, 6.07) is 13.2. The van der Waals surface area contributed by atoms with E-state index in [0.29, 0.717) is 29.5 Å². The predicted octanol–water partition coefficient (Wildman–Crippen LogP) is 4.11. The van der Waals surface area contributed by atoms with Gasteiger partial charge in [-0.05, 0) is 43.3 Å². The quantitative estimate of drug-likeness (QED) is 0.676. The Morgan fingerprint density at radius 1 is 1.19 bits per heavy atom. The lowest BCUT2D eigenvalue weighted by Gasteiger charge is -2.08. The van der Waals surface area contributed by atoms with Gasteiger partial charge in [0, 0.05) is 11.3 Å². The van der Waals surface area contributed by atoms with E-state index in [4.69, 9.17) is 4.74 Å². The summed E-state index contributed by atoms with van der Waals surface area (Å²) in [6.07, 6.45) is 0. The largest absolute Gasteiger partial charge is 0.493 e. The first kappa shape index (κ1) is 13.3. The summed E-state index contributed by atoms with van der Waals surface area (Å²) in [5, 5.41) is 3.19. The third kappa shape index (κ3) is 2.16. The molecule has 2 heterocycles. The zero-order chi connectivity index (χ0) is 14.8. The number of para-hydroxylation sites is 1. The fraction of sp³-hybridized carbons (Fsp3) is 0.188. The average Bonchev–Trinajstić information content (AvgIpc) is 2.88. The summed E-state index contributed by atoms with van der Waals surface area (Å²) in [4.78, 5) is 15.9. The molecule has 1 aromatic carbocycles. The lowest BCUT2D eigenvalue weighted by molar-refractivity contribution is 0.341. The van der Waals surface area contributed by atoms with Crippen LogP contribution in [0.1, 0.15) is 12.6 Å². The van der Waals surface area contributed by atoms with Crippen molar-refractivity contribution in [1.29, 1.82) is 0 Å². The molecule has 0 fully saturated rings. The molecule has 0 aliphatic heterocycles. The van der Waals surface area contributed by atoms with E-state index in [0.717, 1.165) is 11.3 Å². The van der Waals surface area contributed by atoms with Gasteiger partial charge in [-0.25, -0.2) is 4.98 Å². The first-order valence-corrected chi connectivity index (χ1v) is 6.80. The number of benzene rings is 1. The van der Waals surface area contributed by atoms with Gasteiger partial charge >= 0.3 is 0 Å². The van der Waals surface area contributed by atoms with Gasteiger partial charge in [0.1, 0.15) is 17.1 Å². The molecular formula is C16H15N3O2. The topological polar surface area (TPSA) is 56.0 Å². The highest BCUT2D eigenvalue weighted by Gasteiger charge is 2.18. The Balaban J connectivity index is 2.31. The molecular weight excluding hydrogens is 266 g/mol. The number of aromatic nitrogens is 2. The van der Waals surface area contributed by atoms with Crippen LogP contribution in [0.15, 0.2) is 47.6 Å². The summed E-state index contributed by atoms with van der Waals surface area (Å²) < 4.78 is 7.38. The maximum Gasteiger partial charge on any atom is 0.210 e. The molecule has 0 aliphatic rings. The molecule has 21 heavy (non-hydrogen) atoms. The van der Waals surface area contributed by atoms with Crippen molar-refractivity contribution in [2.75, 3.05) is 6.61 Å². The van der Waals surface area contributed by atoms with Crippen LogP contribution in [0, 0.1) is 11.8 Å². The molecule has 0 atom stereocenters. The molecule has 0 unspecified atom stereocenters. The number of nitrogens with zero attached hydrogens (tertiary/aromatic N) is 3. The van der Waals surface area contributed by atoms with Crippen LogP contribution in [0.3, 0.4) is 0 Å². The van der Waals surface area contributed by atoms with Crippen molar-refractivity contribution in [2.24, 2.45) is 5.18 Å². The van der Waals surface area contributed by atoms with E-state index in [1.165, 1.54) is 0 Å². The van der Waals surface area contributed by atoms with Gasteiger partial charge in [0.2, 0.25) is 5.82 Å². The van der Waals surface area contributed by atoms with E-state index in [9.17, 15) is 4.91 Å². The molecule has 106 valence electrons. The standard InChI is InChI=1S/C16H15N3O2/c1-3-21-13-9-5-4-8-12(13)15-16(18-20)19-11(2)7-6-10-14(19)17-15/h4-10H,3H2,1-2H3. The van der Waals surface area contributed by atoms with Crippen LogP contribution >= 0.6 is 0 Å². The number of ether oxygens (including phenoxy) is 1. The summed E-state index contributed by atoms with van der Waals surface area (Å²) >= 11 is 0. The number of imidazole rings is 1. The lowest BCUT2D eigenvalue weighted by atomic mass is 10.1. The zero-order valence-corrected chi connectivity index (χ0v) is 11.9. The number of fused-ring (bicyclic) bond motifs is 1. The van der Waals surface area contributed by atoms with Crippen molar-refractivity contribution >= 4 is 11.5 Å². The van der Waals surface area contributed by atoms with Crippen molar-refractivity contribution in [3.05, 3.63) is 53.1 Å². The Labute approximate surface area is 122 Å². The van der Waals surface area contributed by atoms with Gasteiger partial charge in [-0.1, -0.05) is 18.2 Å². The Morgan fingerprint density at radius 3 is 2.76 bits per heavy atom. The molecule has 3 aromatic rings. The molecule has 0 bridgehead atoms. The van der Waals surface area contributed by atoms with E-state index in [2.05, 4.69) is 10.2 Å².